The maximum atomic E-state index is 6.11. The summed E-state index contributed by atoms with van der Waals surface area (Å²) in [5.41, 5.74) is 2.08. The van der Waals surface area contributed by atoms with Gasteiger partial charge < -0.3 is 4.74 Å². The van der Waals surface area contributed by atoms with Crippen molar-refractivity contribution in [1.82, 2.24) is 0 Å². The van der Waals surface area contributed by atoms with Crippen LogP contribution in [0.4, 0.5) is 0 Å². The van der Waals surface area contributed by atoms with Crippen LogP contribution >= 0.6 is 39.1 Å². The van der Waals surface area contributed by atoms with E-state index in [0.717, 1.165) is 15.6 Å². The summed E-state index contributed by atoms with van der Waals surface area (Å²) >= 11 is 15.2. The standard InChI is InChI=1S/C14H11BrCl2O/c15-12-4-1-10(2-5-12)9-18-14-6-3-11(8-16)7-13(14)17/h1-7H,8-9H2. The van der Waals surface area contributed by atoms with Crippen LogP contribution in [0.2, 0.25) is 5.02 Å². The normalized spacial score (nSPS) is 10.4. The second-order valence-electron chi connectivity index (χ2n) is 3.81. The molecule has 0 N–H and O–H groups in total. The average molecular weight is 346 g/mol. The van der Waals surface area contributed by atoms with Crippen molar-refractivity contribution in [2.75, 3.05) is 0 Å². The van der Waals surface area contributed by atoms with E-state index in [2.05, 4.69) is 15.9 Å². The fourth-order valence-corrected chi connectivity index (χ4v) is 2.17. The largest absolute Gasteiger partial charge is 0.487 e. The van der Waals surface area contributed by atoms with Crippen molar-refractivity contribution in [3.63, 3.8) is 0 Å². The highest BCUT2D eigenvalue weighted by atomic mass is 79.9. The Kier molecular flexibility index (Phi) is 4.93. The van der Waals surface area contributed by atoms with Crippen LogP contribution in [0.1, 0.15) is 11.1 Å². The predicted octanol–water partition coefficient (Wildman–Crippen LogP) is 5.42. The highest BCUT2D eigenvalue weighted by Crippen LogP contribution is 2.27. The van der Waals surface area contributed by atoms with Crippen LogP contribution in [0.5, 0.6) is 5.75 Å². The Morgan fingerprint density at radius 3 is 2.28 bits per heavy atom. The lowest BCUT2D eigenvalue weighted by Gasteiger charge is -2.09. The maximum absolute atomic E-state index is 6.11. The molecule has 94 valence electrons. The minimum Gasteiger partial charge on any atom is -0.487 e. The van der Waals surface area contributed by atoms with Crippen molar-refractivity contribution in [2.45, 2.75) is 12.5 Å². The van der Waals surface area contributed by atoms with Gasteiger partial charge in [0.05, 0.1) is 5.02 Å². The molecule has 0 spiro atoms. The van der Waals surface area contributed by atoms with Crippen molar-refractivity contribution in [3.05, 3.63) is 63.1 Å². The van der Waals surface area contributed by atoms with Gasteiger partial charge in [0.25, 0.3) is 0 Å². The molecule has 0 bridgehead atoms. The van der Waals surface area contributed by atoms with Crippen LogP contribution in [-0.4, -0.2) is 0 Å². The number of ether oxygens (including phenoxy) is 1. The van der Waals surface area contributed by atoms with E-state index in [0.29, 0.717) is 23.3 Å². The molecule has 0 heterocycles. The molecule has 0 atom stereocenters. The molecule has 4 heteroatoms. The quantitative estimate of drug-likeness (QED) is 0.672. The van der Waals surface area contributed by atoms with E-state index in [1.807, 2.05) is 42.5 Å². The smallest absolute Gasteiger partial charge is 0.138 e. The molecule has 0 fully saturated rings. The number of rotatable bonds is 4. The highest BCUT2D eigenvalue weighted by Gasteiger charge is 2.03. The summed E-state index contributed by atoms with van der Waals surface area (Å²) in [6, 6.07) is 13.6. The first-order valence-electron chi connectivity index (χ1n) is 5.40. The van der Waals surface area contributed by atoms with Crippen molar-refractivity contribution in [2.24, 2.45) is 0 Å². The van der Waals surface area contributed by atoms with Gasteiger partial charge in [-0.3, -0.25) is 0 Å². The third kappa shape index (κ3) is 3.64. The minimum absolute atomic E-state index is 0.451. The van der Waals surface area contributed by atoms with Gasteiger partial charge in [-0.1, -0.05) is 45.7 Å². The van der Waals surface area contributed by atoms with Crippen LogP contribution in [0, 0.1) is 0 Å². The van der Waals surface area contributed by atoms with Gasteiger partial charge in [0, 0.05) is 10.4 Å². The molecule has 0 aliphatic heterocycles. The lowest BCUT2D eigenvalue weighted by atomic mass is 10.2. The van der Waals surface area contributed by atoms with Gasteiger partial charge in [0.1, 0.15) is 12.4 Å². The molecule has 0 saturated carbocycles. The van der Waals surface area contributed by atoms with Crippen molar-refractivity contribution >= 4 is 39.1 Å². The molecule has 0 radical (unpaired) electrons. The van der Waals surface area contributed by atoms with Gasteiger partial charge in [-0.15, -0.1) is 11.6 Å². The summed E-state index contributed by atoms with van der Waals surface area (Å²) in [6.45, 7) is 0.493. The van der Waals surface area contributed by atoms with Gasteiger partial charge in [-0.25, -0.2) is 0 Å². The Morgan fingerprint density at radius 1 is 1.00 bits per heavy atom. The van der Waals surface area contributed by atoms with Gasteiger partial charge in [0.15, 0.2) is 0 Å². The molecule has 0 saturated heterocycles. The van der Waals surface area contributed by atoms with E-state index < -0.39 is 0 Å². The molecule has 0 unspecified atom stereocenters. The van der Waals surface area contributed by atoms with Gasteiger partial charge in [0.2, 0.25) is 0 Å². The number of hydrogen-bond donors (Lipinski definition) is 0. The lowest BCUT2D eigenvalue weighted by Crippen LogP contribution is -1.96. The number of alkyl halides is 1. The molecule has 1 nitrogen and oxygen atoms in total. The van der Waals surface area contributed by atoms with Crippen molar-refractivity contribution in [1.29, 1.82) is 0 Å². The van der Waals surface area contributed by atoms with Crippen molar-refractivity contribution in [3.8, 4) is 5.75 Å². The first-order chi connectivity index (χ1) is 8.69. The topological polar surface area (TPSA) is 9.23 Å². The van der Waals surface area contributed by atoms with E-state index >= 15 is 0 Å². The third-order valence-electron chi connectivity index (χ3n) is 2.46. The Bertz CT molecular complexity index is 526. The molecular formula is C14H11BrCl2O. The van der Waals surface area contributed by atoms with Gasteiger partial charge in [-0.2, -0.15) is 0 Å². The fourth-order valence-electron chi connectivity index (χ4n) is 1.49. The summed E-state index contributed by atoms with van der Waals surface area (Å²) in [5, 5.41) is 0.588. The zero-order valence-corrected chi connectivity index (χ0v) is 12.6. The molecule has 2 aromatic rings. The average Bonchev–Trinajstić information content (AvgIpc) is 2.39. The molecule has 18 heavy (non-hydrogen) atoms. The Labute approximate surface area is 125 Å². The van der Waals surface area contributed by atoms with E-state index in [-0.39, 0.29) is 0 Å². The maximum Gasteiger partial charge on any atom is 0.138 e. The Morgan fingerprint density at radius 2 is 1.67 bits per heavy atom. The molecule has 0 aromatic heterocycles. The molecular weight excluding hydrogens is 335 g/mol. The van der Waals surface area contributed by atoms with Crippen molar-refractivity contribution < 1.29 is 4.74 Å². The summed E-state index contributed by atoms with van der Waals surface area (Å²) in [6.07, 6.45) is 0. The number of benzene rings is 2. The summed E-state index contributed by atoms with van der Waals surface area (Å²) in [7, 11) is 0. The van der Waals surface area contributed by atoms with Gasteiger partial charge >= 0.3 is 0 Å². The van der Waals surface area contributed by atoms with Crippen LogP contribution in [0.15, 0.2) is 46.9 Å². The van der Waals surface area contributed by atoms with Crippen LogP contribution in [-0.2, 0) is 12.5 Å². The first kappa shape index (κ1) is 13.7. The third-order valence-corrected chi connectivity index (χ3v) is 3.59. The Hall–Kier alpha value is -0.700. The predicted molar refractivity (Wildman–Crippen MR) is 79.5 cm³/mol. The second-order valence-corrected chi connectivity index (χ2v) is 5.40. The first-order valence-corrected chi connectivity index (χ1v) is 7.11. The van der Waals surface area contributed by atoms with Crippen LogP contribution in [0.3, 0.4) is 0 Å². The molecule has 0 amide bonds. The number of hydrogen-bond acceptors (Lipinski definition) is 1. The minimum atomic E-state index is 0.451. The highest BCUT2D eigenvalue weighted by molar-refractivity contribution is 9.10. The summed E-state index contributed by atoms with van der Waals surface area (Å²) < 4.78 is 6.72. The van der Waals surface area contributed by atoms with E-state index in [1.54, 1.807) is 0 Å². The Balaban J connectivity index is 2.04. The molecule has 0 aliphatic carbocycles. The van der Waals surface area contributed by atoms with Crippen LogP contribution < -0.4 is 4.74 Å². The van der Waals surface area contributed by atoms with E-state index in [1.165, 1.54) is 0 Å². The summed E-state index contributed by atoms with van der Waals surface area (Å²) in [4.78, 5) is 0. The monoisotopic (exact) mass is 344 g/mol. The lowest BCUT2D eigenvalue weighted by molar-refractivity contribution is 0.306. The van der Waals surface area contributed by atoms with Gasteiger partial charge in [-0.05, 0) is 35.4 Å². The molecule has 2 aromatic carbocycles. The summed E-state index contributed by atoms with van der Waals surface area (Å²) in [5.74, 6) is 1.13. The fraction of sp³-hybridized carbons (Fsp3) is 0.143. The number of halogens is 3. The van der Waals surface area contributed by atoms with E-state index in [9.17, 15) is 0 Å². The van der Waals surface area contributed by atoms with E-state index in [4.69, 9.17) is 27.9 Å². The molecule has 2 rings (SSSR count). The van der Waals surface area contributed by atoms with Crippen LogP contribution in [0.25, 0.3) is 0 Å². The zero-order valence-electron chi connectivity index (χ0n) is 9.50. The SMILES string of the molecule is ClCc1ccc(OCc2ccc(Br)cc2)c(Cl)c1. The molecule has 0 aliphatic rings. The second kappa shape index (κ2) is 6.46. The zero-order chi connectivity index (χ0) is 13.0.